The molecule has 0 aromatic heterocycles. The van der Waals surface area contributed by atoms with Crippen LogP contribution in [0.1, 0.15) is 15.2 Å². The molecule has 1 aromatic carbocycles. The van der Waals surface area contributed by atoms with Crippen molar-refractivity contribution in [2.75, 3.05) is 14.2 Å². The van der Waals surface area contributed by atoms with E-state index in [-0.39, 0.29) is 4.05 Å². The van der Waals surface area contributed by atoms with E-state index >= 15 is 0 Å². The molecular formula is C11H12INO2. The number of ether oxygens (including phenoxy) is 2. The number of hydrogen-bond donors (Lipinski definition) is 1. The van der Waals surface area contributed by atoms with E-state index in [1.807, 2.05) is 24.4 Å². The molecular weight excluding hydrogens is 305 g/mol. The summed E-state index contributed by atoms with van der Waals surface area (Å²) >= 11 is 2.35. The van der Waals surface area contributed by atoms with Gasteiger partial charge in [0.2, 0.25) is 0 Å². The Morgan fingerprint density at radius 2 is 1.87 bits per heavy atom. The Hall–Kier alpha value is -0.910. The largest absolute Gasteiger partial charge is 0.493 e. The third-order valence-corrected chi connectivity index (χ3v) is 3.40. The van der Waals surface area contributed by atoms with Gasteiger partial charge in [-0.3, -0.25) is 0 Å². The van der Waals surface area contributed by atoms with Crippen LogP contribution in [0.3, 0.4) is 0 Å². The van der Waals surface area contributed by atoms with Gasteiger partial charge >= 0.3 is 0 Å². The summed E-state index contributed by atoms with van der Waals surface area (Å²) in [5.74, 6) is 1.54. The molecule has 0 aliphatic carbocycles. The zero-order valence-electron chi connectivity index (χ0n) is 8.58. The van der Waals surface area contributed by atoms with Gasteiger partial charge in [-0.1, -0.05) is 22.6 Å². The summed E-state index contributed by atoms with van der Waals surface area (Å²) in [4.78, 5) is 0. The van der Waals surface area contributed by atoms with Crippen LogP contribution in [-0.4, -0.2) is 14.2 Å². The molecule has 0 saturated heterocycles. The van der Waals surface area contributed by atoms with Crippen LogP contribution in [0.15, 0.2) is 18.3 Å². The van der Waals surface area contributed by atoms with E-state index in [1.54, 1.807) is 14.2 Å². The van der Waals surface area contributed by atoms with Crippen LogP contribution in [0, 0.1) is 0 Å². The number of halogens is 1. The lowest BCUT2D eigenvalue weighted by Gasteiger charge is -2.20. The molecule has 0 bridgehead atoms. The lowest BCUT2D eigenvalue weighted by molar-refractivity contribution is 0.354. The van der Waals surface area contributed by atoms with Gasteiger partial charge in [0.25, 0.3) is 0 Å². The third kappa shape index (κ3) is 1.90. The van der Waals surface area contributed by atoms with Gasteiger partial charge in [0.15, 0.2) is 11.5 Å². The van der Waals surface area contributed by atoms with E-state index in [2.05, 4.69) is 27.9 Å². The molecule has 0 amide bonds. The van der Waals surface area contributed by atoms with Crippen molar-refractivity contribution in [1.29, 1.82) is 0 Å². The van der Waals surface area contributed by atoms with Crippen LogP contribution < -0.4 is 14.8 Å². The van der Waals surface area contributed by atoms with E-state index in [0.717, 1.165) is 11.5 Å². The van der Waals surface area contributed by atoms with Crippen molar-refractivity contribution in [2.24, 2.45) is 0 Å². The monoisotopic (exact) mass is 317 g/mol. The maximum absolute atomic E-state index is 5.27. The van der Waals surface area contributed by atoms with Crippen LogP contribution in [-0.2, 0) is 0 Å². The summed E-state index contributed by atoms with van der Waals surface area (Å²) in [6.07, 6.45) is 3.98. The first-order valence-corrected chi connectivity index (χ1v) is 5.83. The van der Waals surface area contributed by atoms with Crippen LogP contribution in [0.25, 0.3) is 6.08 Å². The molecule has 1 N–H and O–H groups in total. The Labute approximate surface area is 103 Å². The predicted molar refractivity (Wildman–Crippen MR) is 68.5 cm³/mol. The lowest BCUT2D eigenvalue weighted by Crippen LogP contribution is -2.13. The summed E-state index contributed by atoms with van der Waals surface area (Å²) in [6, 6.07) is 4.01. The van der Waals surface area contributed by atoms with Crippen molar-refractivity contribution in [3.8, 4) is 11.5 Å². The first-order valence-electron chi connectivity index (χ1n) is 4.59. The maximum atomic E-state index is 5.27. The number of nitrogens with one attached hydrogen (secondary N) is 1. The topological polar surface area (TPSA) is 30.5 Å². The summed E-state index contributed by atoms with van der Waals surface area (Å²) in [7, 11) is 3.30. The summed E-state index contributed by atoms with van der Waals surface area (Å²) in [5.41, 5.74) is 2.39. The fourth-order valence-corrected chi connectivity index (χ4v) is 2.33. The first kappa shape index (κ1) is 10.6. The van der Waals surface area contributed by atoms with Crippen molar-refractivity contribution in [1.82, 2.24) is 5.32 Å². The molecule has 1 heterocycles. The van der Waals surface area contributed by atoms with Crippen molar-refractivity contribution in [2.45, 2.75) is 4.05 Å². The van der Waals surface area contributed by atoms with Crippen LogP contribution >= 0.6 is 22.6 Å². The Morgan fingerprint density at radius 3 is 2.53 bits per heavy atom. The number of rotatable bonds is 2. The van der Waals surface area contributed by atoms with Crippen LogP contribution in [0.2, 0.25) is 0 Å². The minimum atomic E-state index is 0.280. The minimum absolute atomic E-state index is 0.280. The molecule has 1 aliphatic rings. The van der Waals surface area contributed by atoms with Gasteiger partial charge in [0.05, 0.1) is 14.2 Å². The van der Waals surface area contributed by atoms with Gasteiger partial charge in [0.1, 0.15) is 4.05 Å². The molecule has 3 nitrogen and oxygen atoms in total. The van der Waals surface area contributed by atoms with Gasteiger partial charge < -0.3 is 14.8 Å². The normalized spacial score (nSPS) is 17.9. The lowest BCUT2D eigenvalue weighted by atomic mass is 10.0. The molecule has 1 unspecified atom stereocenters. The fourth-order valence-electron chi connectivity index (χ4n) is 1.59. The van der Waals surface area contributed by atoms with Crippen molar-refractivity contribution in [3.05, 3.63) is 29.5 Å². The summed E-state index contributed by atoms with van der Waals surface area (Å²) in [6.45, 7) is 0. The van der Waals surface area contributed by atoms with Gasteiger partial charge in [-0.2, -0.15) is 0 Å². The molecule has 1 aromatic rings. The number of benzene rings is 1. The highest BCUT2D eigenvalue weighted by atomic mass is 127. The maximum Gasteiger partial charge on any atom is 0.161 e. The average Bonchev–Trinajstić information content (AvgIpc) is 2.28. The van der Waals surface area contributed by atoms with Crippen molar-refractivity contribution >= 4 is 28.7 Å². The molecule has 0 fully saturated rings. The highest BCUT2D eigenvalue weighted by Crippen LogP contribution is 2.37. The summed E-state index contributed by atoms with van der Waals surface area (Å²) in [5, 5.41) is 3.24. The third-order valence-electron chi connectivity index (χ3n) is 2.37. The Bertz CT molecular complexity index is 404. The fraction of sp³-hybridized carbons (Fsp3) is 0.273. The van der Waals surface area contributed by atoms with Crippen molar-refractivity contribution in [3.63, 3.8) is 0 Å². The van der Waals surface area contributed by atoms with Crippen LogP contribution in [0.5, 0.6) is 11.5 Å². The molecule has 2 rings (SSSR count). The Morgan fingerprint density at radius 1 is 1.20 bits per heavy atom. The molecule has 1 aliphatic heterocycles. The van der Waals surface area contributed by atoms with Gasteiger partial charge in [-0.05, 0) is 35.5 Å². The predicted octanol–water partition coefficient (Wildman–Crippen LogP) is 2.71. The highest BCUT2D eigenvalue weighted by molar-refractivity contribution is 14.1. The summed E-state index contributed by atoms with van der Waals surface area (Å²) < 4.78 is 10.8. The van der Waals surface area contributed by atoms with Gasteiger partial charge in [-0.25, -0.2) is 0 Å². The Kier molecular flexibility index (Phi) is 3.04. The number of fused-ring (bicyclic) bond motifs is 1. The smallest absolute Gasteiger partial charge is 0.161 e. The second kappa shape index (κ2) is 4.30. The van der Waals surface area contributed by atoms with E-state index in [1.165, 1.54) is 11.1 Å². The highest BCUT2D eigenvalue weighted by Gasteiger charge is 2.17. The number of methoxy groups -OCH3 is 2. The average molecular weight is 317 g/mol. The zero-order valence-corrected chi connectivity index (χ0v) is 10.7. The van der Waals surface area contributed by atoms with Crippen molar-refractivity contribution < 1.29 is 9.47 Å². The second-order valence-corrected chi connectivity index (χ2v) is 4.44. The molecule has 0 radical (unpaired) electrons. The van der Waals surface area contributed by atoms with Gasteiger partial charge in [0, 0.05) is 0 Å². The van der Waals surface area contributed by atoms with E-state index in [9.17, 15) is 0 Å². The standard InChI is InChI=1S/C11H12INO2/c1-14-9-5-7-3-4-13-11(12)8(7)6-10(9)15-2/h3-6,11,13H,1-2H3. The van der Waals surface area contributed by atoms with Gasteiger partial charge in [-0.15, -0.1) is 0 Å². The number of alkyl halides is 1. The molecule has 0 saturated carbocycles. The molecule has 4 heteroatoms. The zero-order chi connectivity index (χ0) is 10.8. The first-order chi connectivity index (χ1) is 7.26. The molecule has 15 heavy (non-hydrogen) atoms. The van der Waals surface area contributed by atoms with E-state index < -0.39 is 0 Å². The Balaban J connectivity index is 2.54. The second-order valence-electron chi connectivity index (χ2n) is 3.20. The minimum Gasteiger partial charge on any atom is -0.493 e. The van der Waals surface area contributed by atoms with Crippen LogP contribution in [0.4, 0.5) is 0 Å². The quantitative estimate of drug-likeness (QED) is 0.517. The molecule has 0 spiro atoms. The molecule has 1 atom stereocenters. The van der Waals surface area contributed by atoms with E-state index in [0.29, 0.717) is 0 Å². The SMILES string of the molecule is COc1cc2c(cc1OC)C(I)NC=C2. The van der Waals surface area contributed by atoms with E-state index in [4.69, 9.17) is 9.47 Å². The number of hydrogen-bond acceptors (Lipinski definition) is 3. The molecule has 80 valence electrons.